The van der Waals surface area contributed by atoms with E-state index in [9.17, 15) is 9.59 Å². The number of rotatable bonds is 5. The van der Waals surface area contributed by atoms with Gasteiger partial charge in [-0.05, 0) is 43.3 Å². The van der Waals surface area contributed by atoms with Gasteiger partial charge in [0.25, 0.3) is 5.91 Å². The van der Waals surface area contributed by atoms with Crippen LogP contribution in [-0.2, 0) is 0 Å². The Labute approximate surface area is 164 Å². The fourth-order valence-corrected chi connectivity index (χ4v) is 3.53. The number of anilines is 1. The summed E-state index contributed by atoms with van der Waals surface area (Å²) in [7, 11) is 0. The summed E-state index contributed by atoms with van der Waals surface area (Å²) in [6.45, 7) is 1.82. The van der Waals surface area contributed by atoms with Gasteiger partial charge in [-0.15, -0.1) is 0 Å². The van der Waals surface area contributed by atoms with Crippen molar-refractivity contribution in [3.8, 4) is 11.5 Å². The van der Waals surface area contributed by atoms with Crippen molar-refractivity contribution in [3.63, 3.8) is 0 Å². The van der Waals surface area contributed by atoms with E-state index in [1.54, 1.807) is 42.6 Å². The van der Waals surface area contributed by atoms with Gasteiger partial charge in [0.2, 0.25) is 5.78 Å². The maximum Gasteiger partial charge on any atom is 0.257 e. The summed E-state index contributed by atoms with van der Waals surface area (Å²) in [4.78, 5) is 38.3. The topological polar surface area (TPSA) is 98.0 Å². The molecule has 0 aliphatic rings. The van der Waals surface area contributed by atoms with Gasteiger partial charge in [-0.25, -0.2) is 4.98 Å². The largest absolute Gasteiger partial charge is 0.463 e. The van der Waals surface area contributed by atoms with E-state index in [0.717, 1.165) is 17.0 Å². The Morgan fingerprint density at radius 3 is 2.57 bits per heavy atom. The van der Waals surface area contributed by atoms with Crippen LogP contribution in [0.5, 0.6) is 0 Å². The normalized spacial score (nSPS) is 10.6. The van der Waals surface area contributed by atoms with Crippen LogP contribution in [0.3, 0.4) is 0 Å². The van der Waals surface area contributed by atoms with Gasteiger partial charge in [0, 0.05) is 35.4 Å². The number of aryl methyl sites for hydroxylation is 1. The zero-order chi connectivity index (χ0) is 19.5. The standard InChI is InChI=1S/C20H14N4O3S/c1-12-11-14(6-9-22-12)17(25)18-16(15-3-2-10-27-15)23-20(28-18)24-19(26)13-4-7-21-8-5-13/h2-11H,1H3,(H,23,24,26). The summed E-state index contributed by atoms with van der Waals surface area (Å²) >= 11 is 1.10. The molecule has 0 spiro atoms. The Balaban J connectivity index is 1.71. The van der Waals surface area contributed by atoms with E-state index in [4.69, 9.17) is 4.42 Å². The summed E-state index contributed by atoms with van der Waals surface area (Å²) in [5.74, 6) is -0.0884. The first-order valence-electron chi connectivity index (χ1n) is 8.35. The minimum atomic E-state index is -0.333. The molecule has 0 aliphatic heterocycles. The van der Waals surface area contributed by atoms with E-state index in [1.165, 1.54) is 18.7 Å². The second-order valence-corrected chi connectivity index (χ2v) is 6.88. The molecule has 28 heavy (non-hydrogen) atoms. The molecule has 7 nitrogen and oxygen atoms in total. The summed E-state index contributed by atoms with van der Waals surface area (Å²) in [5, 5.41) is 3.04. The molecule has 0 aliphatic carbocycles. The molecule has 1 amide bonds. The Morgan fingerprint density at radius 1 is 1.07 bits per heavy atom. The number of carbonyl (C=O) groups is 2. The Morgan fingerprint density at radius 2 is 1.86 bits per heavy atom. The van der Waals surface area contributed by atoms with E-state index in [2.05, 4.69) is 20.3 Å². The zero-order valence-electron chi connectivity index (χ0n) is 14.7. The summed E-state index contributed by atoms with van der Waals surface area (Å²) in [6.07, 6.45) is 6.16. The summed E-state index contributed by atoms with van der Waals surface area (Å²) in [6, 6.07) is 10.00. The molecule has 0 saturated heterocycles. The lowest BCUT2D eigenvalue weighted by atomic mass is 10.1. The van der Waals surface area contributed by atoms with Crippen LogP contribution in [0.2, 0.25) is 0 Å². The van der Waals surface area contributed by atoms with E-state index >= 15 is 0 Å². The van der Waals surface area contributed by atoms with Crippen molar-refractivity contribution in [1.82, 2.24) is 15.0 Å². The summed E-state index contributed by atoms with van der Waals surface area (Å²) in [5.41, 5.74) is 2.07. The van der Waals surface area contributed by atoms with E-state index < -0.39 is 0 Å². The maximum atomic E-state index is 13.1. The van der Waals surface area contributed by atoms with Crippen LogP contribution in [0.4, 0.5) is 5.13 Å². The second kappa shape index (κ2) is 7.53. The van der Waals surface area contributed by atoms with Gasteiger partial charge in [0.1, 0.15) is 10.6 Å². The third-order valence-corrected chi connectivity index (χ3v) is 4.88. The van der Waals surface area contributed by atoms with Crippen LogP contribution in [0.25, 0.3) is 11.5 Å². The van der Waals surface area contributed by atoms with Crippen LogP contribution in [-0.4, -0.2) is 26.6 Å². The van der Waals surface area contributed by atoms with E-state index in [0.29, 0.717) is 32.6 Å². The van der Waals surface area contributed by atoms with Gasteiger partial charge in [-0.2, -0.15) is 0 Å². The quantitative estimate of drug-likeness (QED) is 0.518. The van der Waals surface area contributed by atoms with Crippen LogP contribution >= 0.6 is 11.3 Å². The first kappa shape index (κ1) is 17.7. The average molecular weight is 390 g/mol. The molecule has 0 aromatic carbocycles. The fraction of sp³-hybridized carbons (Fsp3) is 0.0500. The molecule has 4 heterocycles. The Hall–Kier alpha value is -3.65. The molecule has 4 aromatic heterocycles. The number of hydrogen-bond acceptors (Lipinski definition) is 7. The second-order valence-electron chi connectivity index (χ2n) is 5.88. The lowest BCUT2D eigenvalue weighted by Gasteiger charge is -2.01. The fourth-order valence-electron chi connectivity index (χ4n) is 2.60. The molecule has 4 aromatic rings. The predicted octanol–water partition coefficient (Wildman–Crippen LogP) is 3.98. The number of carbonyl (C=O) groups excluding carboxylic acids is 2. The minimum absolute atomic E-state index is 0.209. The van der Waals surface area contributed by atoms with Gasteiger partial charge in [-0.3, -0.25) is 24.9 Å². The van der Waals surface area contributed by atoms with Crippen molar-refractivity contribution in [3.05, 3.63) is 82.9 Å². The highest BCUT2D eigenvalue weighted by molar-refractivity contribution is 7.18. The first-order chi connectivity index (χ1) is 13.6. The summed E-state index contributed by atoms with van der Waals surface area (Å²) < 4.78 is 5.43. The highest BCUT2D eigenvalue weighted by Crippen LogP contribution is 2.33. The highest BCUT2D eigenvalue weighted by Gasteiger charge is 2.23. The van der Waals surface area contributed by atoms with E-state index in [-0.39, 0.29) is 11.7 Å². The molecular formula is C20H14N4O3S. The number of thiazole rings is 1. The van der Waals surface area contributed by atoms with Gasteiger partial charge >= 0.3 is 0 Å². The van der Waals surface area contributed by atoms with Crippen molar-refractivity contribution in [2.75, 3.05) is 5.32 Å². The third kappa shape index (κ3) is 3.58. The molecule has 4 rings (SSSR count). The van der Waals surface area contributed by atoms with Crippen molar-refractivity contribution >= 4 is 28.2 Å². The van der Waals surface area contributed by atoms with Gasteiger partial charge in [-0.1, -0.05) is 11.3 Å². The van der Waals surface area contributed by atoms with Crippen LogP contribution < -0.4 is 5.32 Å². The van der Waals surface area contributed by atoms with Crippen LogP contribution in [0.15, 0.2) is 65.7 Å². The molecule has 1 N–H and O–H groups in total. The van der Waals surface area contributed by atoms with Crippen LogP contribution in [0.1, 0.15) is 31.3 Å². The highest BCUT2D eigenvalue weighted by atomic mass is 32.1. The lowest BCUT2D eigenvalue weighted by Crippen LogP contribution is -2.11. The van der Waals surface area contributed by atoms with Crippen molar-refractivity contribution in [2.45, 2.75) is 6.92 Å². The molecule has 0 atom stereocenters. The molecule has 0 fully saturated rings. The number of amides is 1. The molecule has 8 heteroatoms. The number of pyridine rings is 2. The monoisotopic (exact) mass is 390 g/mol. The van der Waals surface area contributed by atoms with Crippen LogP contribution in [0, 0.1) is 6.92 Å². The minimum Gasteiger partial charge on any atom is -0.463 e. The Kier molecular flexibility index (Phi) is 4.77. The van der Waals surface area contributed by atoms with Crippen molar-refractivity contribution < 1.29 is 14.0 Å². The van der Waals surface area contributed by atoms with E-state index in [1.807, 2.05) is 6.92 Å². The molecule has 138 valence electrons. The molecule has 0 saturated carbocycles. The number of hydrogen-bond donors (Lipinski definition) is 1. The average Bonchev–Trinajstić information content (AvgIpc) is 3.38. The predicted molar refractivity (Wildman–Crippen MR) is 104 cm³/mol. The maximum absolute atomic E-state index is 13.1. The molecular weight excluding hydrogens is 376 g/mol. The number of nitrogens with zero attached hydrogens (tertiary/aromatic N) is 3. The molecule has 0 bridgehead atoms. The SMILES string of the molecule is Cc1cc(C(=O)c2sc(NC(=O)c3ccncc3)nc2-c2ccco2)ccn1. The molecule has 0 radical (unpaired) electrons. The Bertz CT molecular complexity index is 1140. The van der Waals surface area contributed by atoms with Gasteiger partial charge in [0.15, 0.2) is 10.9 Å². The third-order valence-electron chi connectivity index (χ3n) is 3.91. The smallest absolute Gasteiger partial charge is 0.257 e. The number of furan rings is 1. The van der Waals surface area contributed by atoms with Gasteiger partial charge in [0.05, 0.1) is 6.26 Å². The zero-order valence-corrected chi connectivity index (χ0v) is 15.6. The van der Waals surface area contributed by atoms with Crippen molar-refractivity contribution in [1.29, 1.82) is 0 Å². The molecule has 0 unspecified atom stereocenters. The van der Waals surface area contributed by atoms with Crippen molar-refractivity contribution in [2.24, 2.45) is 0 Å². The lowest BCUT2D eigenvalue weighted by molar-refractivity contribution is 0.102. The first-order valence-corrected chi connectivity index (χ1v) is 9.17. The number of aromatic nitrogens is 3. The number of nitrogens with one attached hydrogen (secondary N) is 1. The number of ketones is 1. The van der Waals surface area contributed by atoms with Gasteiger partial charge < -0.3 is 4.42 Å².